The number of carbonyl (C=O) groups is 1. The Balaban J connectivity index is 2.05. The van der Waals surface area contributed by atoms with Gasteiger partial charge in [-0.1, -0.05) is 6.07 Å². The molecule has 7 heteroatoms. The van der Waals surface area contributed by atoms with Crippen molar-refractivity contribution in [1.82, 2.24) is 5.32 Å². The molecule has 6 nitrogen and oxygen atoms in total. The Bertz CT molecular complexity index is 625. The van der Waals surface area contributed by atoms with Gasteiger partial charge in [0.25, 0.3) is 11.6 Å². The number of hydrogen-bond donors (Lipinski definition) is 2. The van der Waals surface area contributed by atoms with Crippen LogP contribution in [0.5, 0.6) is 5.75 Å². The average Bonchev–Trinajstić information content (AvgIpc) is 2.91. The lowest BCUT2D eigenvalue weighted by Gasteiger charge is -2.05. The molecular formula is C13H12N2O4S. The number of nitrogens with zero attached hydrogens (tertiary/aromatic N) is 1. The first kappa shape index (κ1) is 14.0. The molecule has 104 valence electrons. The van der Waals surface area contributed by atoms with E-state index in [2.05, 4.69) is 5.32 Å². The second-order valence-electron chi connectivity index (χ2n) is 4.04. The van der Waals surface area contributed by atoms with Gasteiger partial charge in [0.15, 0.2) is 0 Å². The van der Waals surface area contributed by atoms with Crippen LogP contribution in [0.25, 0.3) is 0 Å². The first-order chi connectivity index (χ1) is 9.58. The SMILES string of the molecule is O=C(NCCc1cccs1)c1cc(O)ccc1[N+](=O)[O-]. The van der Waals surface area contributed by atoms with Crippen LogP contribution in [0.2, 0.25) is 0 Å². The third-order valence-electron chi connectivity index (χ3n) is 2.66. The van der Waals surface area contributed by atoms with Crippen molar-refractivity contribution >= 4 is 22.9 Å². The number of nitro benzene ring substituents is 1. The Labute approximate surface area is 118 Å². The lowest BCUT2D eigenvalue weighted by Crippen LogP contribution is -2.26. The van der Waals surface area contributed by atoms with Crippen molar-refractivity contribution in [1.29, 1.82) is 0 Å². The van der Waals surface area contributed by atoms with Gasteiger partial charge in [-0.3, -0.25) is 14.9 Å². The van der Waals surface area contributed by atoms with Crippen LogP contribution in [-0.2, 0) is 6.42 Å². The number of phenolic OH excluding ortho intramolecular Hbond substituents is 1. The maximum atomic E-state index is 11.9. The maximum Gasteiger partial charge on any atom is 0.282 e. The summed E-state index contributed by atoms with van der Waals surface area (Å²) >= 11 is 1.58. The van der Waals surface area contributed by atoms with E-state index in [0.29, 0.717) is 13.0 Å². The van der Waals surface area contributed by atoms with Gasteiger partial charge in [0.2, 0.25) is 0 Å². The van der Waals surface area contributed by atoms with Gasteiger partial charge in [0, 0.05) is 17.5 Å². The number of benzene rings is 1. The van der Waals surface area contributed by atoms with Gasteiger partial charge >= 0.3 is 0 Å². The Kier molecular flexibility index (Phi) is 4.31. The van der Waals surface area contributed by atoms with Crippen LogP contribution < -0.4 is 5.32 Å². The Morgan fingerprint density at radius 1 is 1.40 bits per heavy atom. The molecule has 1 heterocycles. The Morgan fingerprint density at radius 2 is 2.20 bits per heavy atom. The number of aromatic hydroxyl groups is 1. The summed E-state index contributed by atoms with van der Waals surface area (Å²) in [5.41, 5.74) is -0.461. The predicted molar refractivity (Wildman–Crippen MR) is 75.1 cm³/mol. The highest BCUT2D eigenvalue weighted by atomic mass is 32.1. The summed E-state index contributed by atoms with van der Waals surface area (Å²) in [5.74, 6) is -0.747. The van der Waals surface area contributed by atoms with Gasteiger partial charge in [-0.05, 0) is 30.0 Å². The van der Waals surface area contributed by atoms with Crippen LogP contribution in [0.1, 0.15) is 15.2 Å². The molecule has 1 amide bonds. The van der Waals surface area contributed by atoms with Gasteiger partial charge in [-0.15, -0.1) is 11.3 Å². The minimum Gasteiger partial charge on any atom is -0.508 e. The first-order valence-electron chi connectivity index (χ1n) is 5.86. The van der Waals surface area contributed by atoms with Crippen LogP contribution in [0.3, 0.4) is 0 Å². The molecule has 2 aromatic rings. The third kappa shape index (κ3) is 3.33. The van der Waals surface area contributed by atoms with Gasteiger partial charge in [-0.25, -0.2) is 0 Å². The summed E-state index contributed by atoms with van der Waals surface area (Å²) in [6, 6.07) is 7.26. The minimum absolute atomic E-state index is 0.138. The van der Waals surface area contributed by atoms with Gasteiger partial charge in [-0.2, -0.15) is 0 Å². The maximum absolute atomic E-state index is 11.9. The number of hydrogen-bond acceptors (Lipinski definition) is 5. The Morgan fingerprint density at radius 3 is 2.85 bits per heavy atom. The summed E-state index contributed by atoms with van der Waals surface area (Å²) in [6.45, 7) is 0.381. The highest BCUT2D eigenvalue weighted by Gasteiger charge is 2.20. The van der Waals surface area contributed by atoms with Gasteiger partial charge < -0.3 is 10.4 Å². The van der Waals surface area contributed by atoms with Crippen molar-refractivity contribution in [3.8, 4) is 5.75 Å². The molecule has 0 saturated heterocycles. The number of nitro groups is 1. The summed E-state index contributed by atoms with van der Waals surface area (Å²) in [6.07, 6.45) is 0.663. The molecule has 0 radical (unpaired) electrons. The smallest absolute Gasteiger partial charge is 0.282 e. The zero-order valence-corrected chi connectivity index (χ0v) is 11.2. The van der Waals surface area contributed by atoms with Crippen LogP contribution in [0, 0.1) is 10.1 Å². The molecule has 0 saturated carbocycles. The number of carbonyl (C=O) groups excluding carboxylic acids is 1. The van der Waals surface area contributed by atoms with E-state index in [-0.39, 0.29) is 17.0 Å². The number of rotatable bonds is 5. The molecule has 1 aromatic carbocycles. The van der Waals surface area contributed by atoms with Crippen molar-refractivity contribution in [3.63, 3.8) is 0 Å². The molecule has 0 atom stereocenters. The average molecular weight is 292 g/mol. The van der Waals surface area contributed by atoms with Gasteiger partial charge in [0.1, 0.15) is 11.3 Å². The van der Waals surface area contributed by atoms with E-state index >= 15 is 0 Å². The molecular weight excluding hydrogens is 280 g/mol. The number of nitrogens with one attached hydrogen (secondary N) is 1. The second kappa shape index (κ2) is 6.16. The fraction of sp³-hybridized carbons (Fsp3) is 0.154. The largest absolute Gasteiger partial charge is 0.508 e. The van der Waals surface area contributed by atoms with E-state index in [9.17, 15) is 20.0 Å². The molecule has 0 aliphatic carbocycles. The molecule has 2 rings (SSSR count). The highest BCUT2D eigenvalue weighted by Crippen LogP contribution is 2.23. The van der Waals surface area contributed by atoms with Crippen molar-refractivity contribution in [2.75, 3.05) is 6.54 Å². The van der Waals surface area contributed by atoms with E-state index in [1.807, 2.05) is 17.5 Å². The van der Waals surface area contributed by atoms with E-state index < -0.39 is 10.8 Å². The topological polar surface area (TPSA) is 92.5 Å². The fourth-order valence-corrected chi connectivity index (χ4v) is 2.42. The molecule has 0 spiro atoms. The molecule has 0 unspecified atom stereocenters. The quantitative estimate of drug-likeness (QED) is 0.653. The number of thiophene rings is 1. The lowest BCUT2D eigenvalue weighted by atomic mass is 10.1. The van der Waals surface area contributed by atoms with Crippen LogP contribution in [0.15, 0.2) is 35.7 Å². The number of amides is 1. The summed E-state index contributed by atoms with van der Waals surface area (Å²) in [4.78, 5) is 23.2. The minimum atomic E-state index is -0.645. The molecule has 0 aliphatic rings. The van der Waals surface area contributed by atoms with Crippen LogP contribution in [-0.4, -0.2) is 22.5 Å². The number of phenols is 1. The third-order valence-corrected chi connectivity index (χ3v) is 3.59. The summed E-state index contributed by atoms with van der Waals surface area (Å²) in [5, 5.41) is 24.7. The van der Waals surface area contributed by atoms with Crippen LogP contribution >= 0.6 is 11.3 Å². The van der Waals surface area contributed by atoms with Crippen molar-refractivity contribution < 1.29 is 14.8 Å². The normalized spacial score (nSPS) is 10.2. The molecule has 2 N–H and O–H groups in total. The molecule has 0 fully saturated rings. The highest BCUT2D eigenvalue weighted by molar-refractivity contribution is 7.09. The van der Waals surface area contributed by atoms with E-state index in [0.717, 1.165) is 17.0 Å². The van der Waals surface area contributed by atoms with Crippen molar-refractivity contribution in [2.24, 2.45) is 0 Å². The molecule has 1 aromatic heterocycles. The predicted octanol–water partition coefficient (Wildman–Crippen LogP) is 2.33. The molecule has 20 heavy (non-hydrogen) atoms. The molecule has 0 aliphatic heterocycles. The zero-order valence-electron chi connectivity index (χ0n) is 10.4. The molecule has 0 bridgehead atoms. The monoisotopic (exact) mass is 292 g/mol. The fourth-order valence-electron chi connectivity index (χ4n) is 1.71. The van der Waals surface area contributed by atoms with Crippen LogP contribution in [0.4, 0.5) is 5.69 Å². The van der Waals surface area contributed by atoms with Gasteiger partial charge in [0.05, 0.1) is 4.92 Å². The summed E-state index contributed by atoms with van der Waals surface area (Å²) < 4.78 is 0. The van der Waals surface area contributed by atoms with E-state index in [4.69, 9.17) is 0 Å². The second-order valence-corrected chi connectivity index (χ2v) is 5.08. The summed E-state index contributed by atoms with van der Waals surface area (Å²) in [7, 11) is 0. The first-order valence-corrected chi connectivity index (χ1v) is 6.74. The van der Waals surface area contributed by atoms with Crippen molar-refractivity contribution in [2.45, 2.75) is 6.42 Å². The zero-order chi connectivity index (χ0) is 14.5. The van der Waals surface area contributed by atoms with E-state index in [1.165, 1.54) is 6.07 Å². The van der Waals surface area contributed by atoms with E-state index in [1.54, 1.807) is 11.3 Å². The lowest BCUT2D eigenvalue weighted by molar-refractivity contribution is -0.385. The Hall–Kier alpha value is -2.41. The standard InChI is InChI=1S/C13H12N2O4S/c16-9-3-4-12(15(18)19)11(8-9)13(17)14-6-5-10-2-1-7-20-10/h1-4,7-8,16H,5-6H2,(H,14,17). The van der Waals surface area contributed by atoms with Crippen molar-refractivity contribution in [3.05, 3.63) is 56.3 Å².